The number of piperidine rings is 1. The average molecular weight is 240 g/mol. The van der Waals surface area contributed by atoms with Gasteiger partial charge in [0.05, 0.1) is 22.9 Å². The van der Waals surface area contributed by atoms with Crippen molar-refractivity contribution in [1.82, 2.24) is 10.3 Å². The summed E-state index contributed by atoms with van der Waals surface area (Å²) >= 11 is 5.93. The van der Waals surface area contributed by atoms with Crippen LogP contribution < -0.4 is 10.6 Å². The van der Waals surface area contributed by atoms with Gasteiger partial charge < -0.3 is 10.6 Å². The van der Waals surface area contributed by atoms with Crippen molar-refractivity contribution in [3.8, 4) is 0 Å². The predicted octanol–water partition coefficient (Wildman–Crippen LogP) is 1.82. The Balaban J connectivity index is 1.99. The number of anilines is 1. The Morgan fingerprint density at radius 2 is 2.44 bits per heavy atom. The summed E-state index contributed by atoms with van der Waals surface area (Å²) in [5, 5.41) is 6.48. The highest BCUT2D eigenvalue weighted by Gasteiger charge is 2.20. The van der Waals surface area contributed by atoms with E-state index >= 15 is 0 Å². The number of halogens is 1. The summed E-state index contributed by atoms with van der Waals surface area (Å²) in [6, 6.07) is 1.55. The Bertz CT molecular complexity index is 377. The smallest absolute Gasteiger partial charge is 0.241 e. The van der Waals surface area contributed by atoms with Gasteiger partial charge in [0.15, 0.2) is 0 Å². The van der Waals surface area contributed by atoms with E-state index in [1.54, 1.807) is 18.5 Å². The van der Waals surface area contributed by atoms with Gasteiger partial charge in [0.2, 0.25) is 5.91 Å². The minimum Gasteiger partial charge on any atom is -0.322 e. The second kappa shape index (κ2) is 5.27. The number of carbonyl (C=O) groups is 1. The molecule has 0 unspecified atom stereocenters. The average Bonchev–Trinajstić information content (AvgIpc) is 2.33. The van der Waals surface area contributed by atoms with Crippen molar-refractivity contribution < 1.29 is 4.79 Å². The highest BCUT2D eigenvalue weighted by atomic mass is 35.5. The van der Waals surface area contributed by atoms with Crippen molar-refractivity contribution >= 4 is 23.2 Å². The molecule has 1 fully saturated rings. The van der Waals surface area contributed by atoms with Gasteiger partial charge in [-0.05, 0) is 25.5 Å². The molecule has 0 aromatic carbocycles. The molecule has 1 aromatic rings. The summed E-state index contributed by atoms with van der Waals surface area (Å²) in [6.45, 7) is 0.902. The summed E-state index contributed by atoms with van der Waals surface area (Å²) in [5.74, 6) is -0.0328. The molecule has 0 saturated carbocycles. The number of pyridine rings is 1. The maximum atomic E-state index is 11.9. The summed E-state index contributed by atoms with van der Waals surface area (Å²) in [4.78, 5) is 15.8. The molecule has 5 heteroatoms. The van der Waals surface area contributed by atoms with E-state index in [4.69, 9.17) is 11.6 Å². The van der Waals surface area contributed by atoms with E-state index in [9.17, 15) is 4.79 Å². The van der Waals surface area contributed by atoms with Crippen LogP contribution in [0.1, 0.15) is 19.3 Å². The van der Waals surface area contributed by atoms with Crippen LogP contribution in [0, 0.1) is 0 Å². The van der Waals surface area contributed by atoms with Gasteiger partial charge in [0.25, 0.3) is 0 Å². The molecule has 4 nitrogen and oxygen atoms in total. The number of nitrogens with one attached hydrogen (secondary N) is 2. The van der Waals surface area contributed by atoms with Gasteiger partial charge in [-0.2, -0.15) is 0 Å². The fourth-order valence-electron chi connectivity index (χ4n) is 1.76. The maximum absolute atomic E-state index is 11.9. The normalized spacial score (nSPS) is 20.4. The second-order valence-corrected chi connectivity index (χ2v) is 4.25. The van der Waals surface area contributed by atoms with Gasteiger partial charge in [0.1, 0.15) is 0 Å². The van der Waals surface area contributed by atoms with Crippen LogP contribution in [0.3, 0.4) is 0 Å². The van der Waals surface area contributed by atoms with Crippen LogP contribution in [-0.4, -0.2) is 23.5 Å². The quantitative estimate of drug-likeness (QED) is 0.828. The van der Waals surface area contributed by atoms with Crippen molar-refractivity contribution in [2.45, 2.75) is 25.3 Å². The number of carbonyl (C=O) groups excluding carboxylic acids is 1. The molecule has 1 atom stereocenters. The van der Waals surface area contributed by atoms with Gasteiger partial charge in [0, 0.05) is 6.20 Å². The first kappa shape index (κ1) is 11.4. The molecule has 86 valence electrons. The molecule has 16 heavy (non-hydrogen) atoms. The molecule has 1 saturated heterocycles. The summed E-state index contributed by atoms with van der Waals surface area (Å²) in [6.07, 6.45) is 6.26. The molecule has 1 aromatic heterocycles. The first-order valence-corrected chi connectivity index (χ1v) is 5.79. The maximum Gasteiger partial charge on any atom is 0.241 e. The molecule has 0 bridgehead atoms. The van der Waals surface area contributed by atoms with Gasteiger partial charge in [-0.3, -0.25) is 9.78 Å². The molecule has 2 N–H and O–H groups in total. The van der Waals surface area contributed by atoms with Gasteiger partial charge >= 0.3 is 0 Å². The van der Waals surface area contributed by atoms with Crippen LogP contribution in [0.2, 0.25) is 5.02 Å². The number of hydrogen-bond acceptors (Lipinski definition) is 3. The lowest BCUT2D eigenvalue weighted by molar-refractivity contribution is -0.118. The molecule has 2 heterocycles. The molecule has 0 radical (unpaired) electrons. The number of hydrogen-bond donors (Lipinski definition) is 2. The monoisotopic (exact) mass is 239 g/mol. The molecular formula is C11H14ClN3O. The van der Waals surface area contributed by atoms with Crippen LogP contribution >= 0.6 is 11.6 Å². The standard InChI is InChI=1S/C11H14ClN3O/c12-8-4-6-13-7-10(8)15-11(16)9-3-1-2-5-14-9/h4,6-7,9,14H,1-3,5H2,(H,15,16)/t9-/m0/s1. The Kier molecular flexibility index (Phi) is 3.74. The molecular weight excluding hydrogens is 226 g/mol. The Hall–Kier alpha value is -1.13. The lowest BCUT2D eigenvalue weighted by Crippen LogP contribution is -2.43. The van der Waals surface area contributed by atoms with Crippen molar-refractivity contribution in [3.05, 3.63) is 23.5 Å². The number of aromatic nitrogens is 1. The predicted molar refractivity (Wildman–Crippen MR) is 63.5 cm³/mol. The molecule has 1 aliphatic heterocycles. The second-order valence-electron chi connectivity index (χ2n) is 3.85. The van der Waals surface area contributed by atoms with E-state index in [1.165, 1.54) is 0 Å². The Labute approximate surface area is 99.4 Å². The largest absolute Gasteiger partial charge is 0.322 e. The third kappa shape index (κ3) is 2.71. The summed E-state index contributed by atoms with van der Waals surface area (Å²) in [5.41, 5.74) is 0.571. The molecule has 0 spiro atoms. The van der Waals surface area contributed by atoms with Gasteiger partial charge in [-0.15, -0.1) is 0 Å². The van der Waals surface area contributed by atoms with Crippen LogP contribution in [0.4, 0.5) is 5.69 Å². The lowest BCUT2D eigenvalue weighted by atomic mass is 10.0. The van der Waals surface area contributed by atoms with E-state index < -0.39 is 0 Å². The zero-order chi connectivity index (χ0) is 11.4. The van der Waals surface area contributed by atoms with Crippen LogP contribution in [0.25, 0.3) is 0 Å². The van der Waals surface area contributed by atoms with Gasteiger partial charge in [-0.1, -0.05) is 18.0 Å². The number of rotatable bonds is 2. The van der Waals surface area contributed by atoms with E-state index in [0.29, 0.717) is 10.7 Å². The molecule has 1 aliphatic rings. The van der Waals surface area contributed by atoms with Crippen LogP contribution in [0.15, 0.2) is 18.5 Å². The fourth-order valence-corrected chi connectivity index (χ4v) is 1.92. The zero-order valence-corrected chi connectivity index (χ0v) is 9.63. The minimum atomic E-state index is -0.106. The van der Waals surface area contributed by atoms with Crippen molar-refractivity contribution in [3.63, 3.8) is 0 Å². The van der Waals surface area contributed by atoms with E-state index in [0.717, 1.165) is 25.8 Å². The van der Waals surface area contributed by atoms with E-state index in [2.05, 4.69) is 15.6 Å². The Morgan fingerprint density at radius 1 is 1.56 bits per heavy atom. The highest BCUT2D eigenvalue weighted by molar-refractivity contribution is 6.33. The zero-order valence-electron chi connectivity index (χ0n) is 8.87. The minimum absolute atomic E-state index is 0.0328. The fraction of sp³-hybridized carbons (Fsp3) is 0.455. The third-order valence-corrected chi connectivity index (χ3v) is 2.98. The number of amides is 1. The highest BCUT2D eigenvalue weighted by Crippen LogP contribution is 2.20. The van der Waals surface area contributed by atoms with Gasteiger partial charge in [-0.25, -0.2) is 0 Å². The Morgan fingerprint density at radius 3 is 3.12 bits per heavy atom. The topological polar surface area (TPSA) is 54.0 Å². The first-order chi connectivity index (χ1) is 7.77. The summed E-state index contributed by atoms with van der Waals surface area (Å²) in [7, 11) is 0. The lowest BCUT2D eigenvalue weighted by Gasteiger charge is -2.22. The van der Waals surface area contributed by atoms with E-state index in [1.807, 2.05) is 0 Å². The van der Waals surface area contributed by atoms with E-state index in [-0.39, 0.29) is 11.9 Å². The van der Waals surface area contributed by atoms with Crippen LogP contribution in [0.5, 0.6) is 0 Å². The SMILES string of the molecule is O=C(Nc1cnccc1Cl)[C@@H]1CCCCN1. The summed E-state index contributed by atoms with van der Waals surface area (Å²) < 4.78 is 0. The van der Waals surface area contributed by atoms with Crippen LogP contribution in [-0.2, 0) is 4.79 Å². The molecule has 1 amide bonds. The first-order valence-electron chi connectivity index (χ1n) is 5.41. The number of nitrogens with zero attached hydrogens (tertiary/aromatic N) is 1. The molecule has 0 aliphatic carbocycles. The van der Waals surface area contributed by atoms with Crippen molar-refractivity contribution in [1.29, 1.82) is 0 Å². The van der Waals surface area contributed by atoms with Crippen molar-refractivity contribution in [2.24, 2.45) is 0 Å². The third-order valence-electron chi connectivity index (χ3n) is 2.65. The van der Waals surface area contributed by atoms with Crippen molar-refractivity contribution in [2.75, 3.05) is 11.9 Å². The molecule has 2 rings (SSSR count).